The van der Waals surface area contributed by atoms with Gasteiger partial charge >= 0.3 is 5.97 Å². The lowest BCUT2D eigenvalue weighted by molar-refractivity contribution is -0.176. The van der Waals surface area contributed by atoms with E-state index in [-0.39, 0.29) is 18.1 Å². The molecule has 4 nitrogen and oxygen atoms in total. The number of fused-ring (bicyclic) bond motifs is 1. The Morgan fingerprint density at radius 2 is 2.44 bits per heavy atom. The number of piperidine rings is 2. The van der Waals surface area contributed by atoms with Gasteiger partial charge in [-0.1, -0.05) is 0 Å². The summed E-state index contributed by atoms with van der Waals surface area (Å²) in [4.78, 5) is 13.9. The lowest BCUT2D eigenvalue weighted by Gasteiger charge is -2.56. The summed E-state index contributed by atoms with van der Waals surface area (Å²) in [5.41, 5.74) is 0.665. The summed E-state index contributed by atoms with van der Waals surface area (Å²) in [5, 5.41) is 10.1. The summed E-state index contributed by atoms with van der Waals surface area (Å²) in [6, 6.07) is 0.544. The standard InChI is InChI=1S/C12H15NO3/c14-9-6-12-7(5-11(15)16-12)4-8(9)13-3-1-2-10(12)13/h5,8-10,14H,1-4,6H2/t8-,9+,10-,12+/m0/s1. The highest BCUT2D eigenvalue weighted by Gasteiger charge is 2.63. The summed E-state index contributed by atoms with van der Waals surface area (Å²) in [7, 11) is 0. The van der Waals surface area contributed by atoms with Gasteiger partial charge in [-0.15, -0.1) is 0 Å². The molecule has 4 heteroatoms. The minimum Gasteiger partial charge on any atom is -0.450 e. The fourth-order valence-electron chi connectivity index (χ4n) is 4.19. The number of nitrogens with zero attached hydrogens (tertiary/aromatic N) is 1. The van der Waals surface area contributed by atoms with Crippen LogP contribution in [0.4, 0.5) is 0 Å². The lowest BCUT2D eigenvalue weighted by Crippen LogP contribution is -2.68. The smallest absolute Gasteiger partial charge is 0.331 e. The number of aliphatic hydroxyl groups is 1. The molecular weight excluding hydrogens is 206 g/mol. The van der Waals surface area contributed by atoms with E-state index in [1.54, 1.807) is 6.08 Å². The van der Waals surface area contributed by atoms with Gasteiger partial charge in [0.2, 0.25) is 0 Å². The first kappa shape index (κ1) is 9.19. The third-order valence-electron chi connectivity index (χ3n) is 4.76. The average Bonchev–Trinajstić information content (AvgIpc) is 2.79. The van der Waals surface area contributed by atoms with Crippen molar-refractivity contribution in [1.29, 1.82) is 0 Å². The van der Waals surface area contributed by atoms with E-state index < -0.39 is 5.60 Å². The van der Waals surface area contributed by atoms with Gasteiger partial charge in [-0.25, -0.2) is 4.79 Å². The molecule has 2 bridgehead atoms. The minimum atomic E-state index is -0.470. The fourth-order valence-corrected chi connectivity index (χ4v) is 4.19. The van der Waals surface area contributed by atoms with Gasteiger partial charge in [-0.2, -0.15) is 0 Å². The molecule has 0 aromatic heterocycles. The molecule has 1 saturated carbocycles. The normalized spacial score (nSPS) is 49.9. The van der Waals surface area contributed by atoms with Gasteiger partial charge in [-0.05, 0) is 31.4 Å². The van der Waals surface area contributed by atoms with Crippen molar-refractivity contribution < 1.29 is 14.6 Å². The monoisotopic (exact) mass is 221 g/mol. The highest BCUT2D eigenvalue weighted by atomic mass is 16.6. The van der Waals surface area contributed by atoms with Crippen LogP contribution in [0.1, 0.15) is 25.7 Å². The molecule has 3 saturated heterocycles. The predicted octanol–water partition coefficient (Wildman–Crippen LogP) is 0.210. The highest BCUT2D eigenvalue weighted by molar-refractivity contribution is 5.87. The van der Waals surface area contributed by atoms with Crippen LogP contribution in [0.25, 0.3) is 0 Å². The van der Waals surface area contributed by atoms with Crippen LogP contribution in [0.5, 0.6) is 0 Å². The molecule has 4 fully saturated rings. The van der Waals surface area contributed by atoms with Crippen LogP contribution in [0.2, 0.25) is 0 Å². The van der Waals surface area contributed by atoms with Crippen LogP contribution in [0, 0.1) is 0 Å². The van der Waals surface area contributed by atoms with Crippen LogP contribution < -0.4 is 0 Å². The van der Waals surface area contributed by atoms with E-state index in [0.717, 1.165) is 31.4 Å². The Bertz CT molecular complexity index is 405. The average molecular weight is 221 g/mol. The van der Waals surface area contributed by atoms with Crippen molar-refractivity contribution in [3.8, 4) is 0 Å². The van der Waals surface area contributed by atoms with Crippen molar-refractivity contribution in [3.63, 3.8) is 0 Å². The lowest BCUT2D eigenvalue weighted by atomic mass is 9.67. The van der Waals surface area contributed by atoms with E-state index >= 15 is 0 Å². The summed E-state index contributed by atoms with van der Waals surface area (Å²) < 4.78 is 5.59. The number of hydrogen-bond donors (Lipinski definition) is 1. The number of carbonyl (C=O) groups is 1. The van der Waals surface area contributed by atoms with Crippen molar-refractivity contribution in [3.05, 3.63) is 11.6 Å². The second-order valence-corrected chi connectivity index (χ2v) is 5.42. The third-order valence-corrected chi connectivity index (χ3v) is 4.76. The molecule has 5 aliphatic rings. The Morgan fingerprint density at radius 3 is 3.31 bits per heavy atom. The number of carbonyl (C=O) groups excluding carboxylic acids is 1. The van der Waals surface area contributed by atoms with Gasteiger partial charge in [-0.3, -0.25) is 4.90 Å². The summed E-state index contributed by atoms with van der Waals surface area (Å²) in [6.45, 7) is 1.04. The molecule has 4 atom stereocenters. The van der Waals surface area contributed by atoms with E-state index in [9.17, 15) is 9.90 Å². The number of aliphatic hydroxyl groups excluding tert-OH is 1. The fraction of sp³-hybridized carbons (Fsp3) is 0.750. The molecule has 86 valence electrons. The molecule has 1 aliphatic carbocycles. The molecule has 0 amide bonds. The zero-order chi connectivity index (χ0) is 10.9. The Kier molecular flexibility index (Phi) is 1.54. The first-order valence-corrected chi connectivity index (χ1v) is 6.08. The zero-order valence-corrected chi connectivity index (χ0v) is 9.06. The molecule has 1 N–H and O–H groups in total. The van der Waals surface area contributed by atoms with Gasteiger partial charge in [0.1, 0.15) is 0 Å². The second-order valence-electron chi connectivity index (χ2n) is 5.42. The maximum atomic E-state index is 11.5. The summed E-state index contributed by atoms with van der Waals surface area (Å²) >= 11 is 0. The van der Waals surface area contributed by atoms with E-state index in [4.69, 9.17) is 4.74 Å². The number of rotatable bonds is 0. The second kappa shape index (κ2) is 2.68. The SMILES string of the molecule is O=C1C=C2C[C@H]3[C@H](O)C[C@]2(O1)[C@@H]1CCCN13. The van der Waals surface area contributed by atoms with Gasteiger partial charge in [0.15, 0.2) is 5.60 Å². The van der Waals surface area contributed by atoms with E-state index in [0.29, 0.717) is 12.5 Å². The number of ether oxygens (including phenoxy) is 1. The molecule has 0 unspecified atom stereocenters. The molecule has 0 aromatic rings. The van der Waals surface area contributed by atoms with E-state index in [2.05, 4.69) is 4.90 Å². The van der Waals surface area contributed by atoms with Crippen molar-refractivity contribution >= 4 is 5.97 Å². The molecular formula is C12H15NO3. The molecule has 0 radical (unpaired) electrons. The van der Waals surface area contributed by atoms with Crippen molar-refractivity contribution in [1.82, 2.24) is 4.90 Å². The Labute approximate surface area is 93.9 Å². The van der Waals surface area contributed by atoms with Crippen molar-refractivity contribution in [2.24, 2.45) is 0 Å². The molecule has 4 heterocycles. The van der Waals surface area contributed by atoms with Gasteiger partial charge in [0.25, 0.3) is 0 Å². The van der Waals surface area contributed by atoms with Crippen LogP contribution >= 0.6 is 0 Å². The zero-order valence-electron chi connectivity index (χ0n) is 9.06. The number of esters is 1. The van der Waals surface area contributed by atoms with Crippen LogP contribution in [0.15, 0.2) is 11.6 Å². The molecule has 16 heavy (non-hydrogen) atoms. The van der Waals surface area contributed by atoms with Crippen LogP contribution in [0.3, 0.4) is 0 Å². The predicted molar refractivity (Wildman–Crippen MR) is 55.7 cm³/mol. The third kappa shape index (κ3) is 0.870. The first-order valence-electron chi connectivity index (χ1n) is 6.08. The van der Waals surface area contributed by atoms with Crippen molar-refractivity contribution in [2.75, 3.05) is 6.54 Å². The summed E-state index contributed by atoms with van der Waals surface area (Å²) in [5.74, 6) is -0.211. The van der Waals surface area contributed by atoms with Gasteiger partial charge in [0.05, 0.1) is 12.1 Å². The summed E-state index contributed by atoms with van der Waals surface area (Å²) in [6.07, 6.45) is 4.99. The Morgan fingerprint density at radius 1 is 1.56 bits per heavy atom. The quantitative estimate of drug-likeness (QED) is 0.594. The van der Waals surface area contributed by atoms with E-state index in [1.165, 1.54) is 0 Å². The molecule has 0 aromatic carbocycles. The number of hydrogen-bond acceptors (Lipinski definition) is 4. The first-order chi connectivity index (χ1) is 7.71. The Balaban J connectivity index is 1.86. The largest absolute Gasteiger partial charge is 0.450 e. The van der Waals surface area contributed by atoms with Crippen LogP contribution in [-0.4, -0.2) is 46.3 Å². The maximum absolute atomic E-state index is 11.5. The maximum Gasteiger partial charge on any atom is 0.331 e. The molecule has 5 rings (SSSR count). The van der Waals surface area contributed by atoms with Crippen molar-refractivity contribution in [2.45, 2.75) is 49.5 Å². The topological polar surface area (TPSA) is 49.8 Å². The molecule has 4 aliphatic heterocycles. The minimum absolute atomic E-state index is 0.211. The van der Waals surface area contributed by atoms with Gasteiger partial charge in [0, 0.05) is 18.5 Å². The van der Waals surface area contributed by atoms with Gasteiger partial charge < -0.3 is 9.84 Å². The molecule has 1 spiro atoms. The highest BCUT2D eigenvalue weighted by Crippen LogP contribution is 2.53. The Hall–Kier alpha value is -0.870. The van der Waals surface area contributed by atoms with E-state index in [1.807, 2.05) is 0 Å². The van der Waals surface area contributed by atoms with Crippen LogP contribution in [-0.2, 0) is 9.53 Å².